The number of ether oxygens (including phenoxy) is 1. The third kappa shape index (κ3) is 2.45. The first-order valence-corrected chi connectivity index (χ1v) is 5.45. The van der Waals surface area contributed by atoms with Gasteiger partial charge < -0.3 is 15.6 Å². The Morgan fingerprint density at radius 3 is 2.62 bits per heavy atom. The summed E-state index contributed by atoms with van der Waals surface area (Å²) in [5.74, 6) is -0.423. The van der Waals surface area contributed by atoms with E-state index in [-0.39, 0.29) is 11.7 Å². The molecule has 0 unspecified atom stereocenters. The minimum atomic E-state index is -0.983. The fraction of sp³-hybridized carbons (Fsp3) is 0.417. The molecular formula is C12H15NO3. The predicted molar refractivity (Wildman–Crippen MR) is 60.7 cm³/mol. The third-order valence-corrected chi connectivity index (χ3v) is 2.78. The first kappa shape index (κ1) is 10.8. The number of nitrogens with two attached hydrogens (primary N) is 1. The maximum atomic E-state index is 10.8. The van der Waals surface area contributed by atoms with E-state index >= 15 is 0 Å². The number of carboxylic acid groups (broad SMARTS) is 1. The molecule has 0 saturated heterocycles. The molecule has 1 aromatic carbocycles. The summed E-state index contributed by atoms with van der Waals surface area (Å²) in [6, 6.07) is 4.63. The molecule has 0 aliphatic heterocycles. The number of carboxylic acids is 1. The van der Waals surface area contributed by atoms with Crippen LogP contribution in [0.25, 0.3) is 0 Å². The summed E-state index contributed by atoms with van der Waals surface area (Å²) in [6.45, 7) is 0. The first-order chi connectivity index (χ1) is 7.65. The Labute approximate surface area is 94.0 Å². The van der Waals surface area contributed by atoms with Gasteiger partial charge >= 0.3 is 5.97 Å². The molecule has 1 aliphatic rings. The second kappa shape index (κ2) is 4.43. The fourth-order valence-electron chi connectivity index (χ4n) is 2.01. The van der Waals surface area contributed by atoms with Crippen molar-refractivity contribution >= 4 is 11.7 Å². The van der Waals surface area contributed by atoms with Crippen LogP contribution in [0.5, 0.6) is 5.75 Å². The summed E-state index contributed by atoms with van der Waals surface area (Å²) < 4.78 is 5.70. The smallest absolute Gasteiger partial charge is 0.335 e. The van der Waals surface area contributed by atoms with Crippen molar-refractivity contribution in [3.63, 3.8) is 0 Å². The molecule has 1 saturated carbocycles. The average molecular weight is 221 g/mol. The Hall–Kier alpha value is -1.71. The molecule has 0 radical (unpaired) electrons. The number of benzene rings is 1. The van der Waals surface area contributed by atoms with E-state index in [1.54, 1.807) is 6.07 Å². The zero-order valence-electron chi connectivity index (χ0n) is 8.98. The molecule has 16 heavy (non-hydrogen) atoms. The highest BCUT2D eigenvalue weighted by Gasteiger charge is 2.17. The molecule has 0 atom stereocenters. The van der Waals surface area contributed by atoms with Crippen molar-refractivity contribution in [2.75, 3.05) is 5.73 Å². The number of rotatable bonds is 3. The van der Waals surface area contributed by atoms with Gasteiger partial charge in [0.25, 0.3) is 0 Å². The van der Waals surface area contributed by atoms with Gasteiger partial charge in [0.05, 0.1) is 11.7 Å². The largest absolute Gasteiger partial charge is 0.490 e. The Bertz CT molecular complexity index is 397. The molecule has 1 aliphatic carbocycles. The lowest BCUT2D eigenvalue weighted by molar-refractivity contribution is 0.0696. The van der Waals surface area contributed by atoms with Gasteiger partial charge in [-0.2, -0.15) is 0 Å². The van der Waals surface area contributed by atoms with E-state index in [1.165, 1.54) is 25.0 Å². The van der Waals surface area contributed by atoms with E-state index in [0.717, 1.165) is 12.8 Å². The Balaban J connectivity index is 2.16. The van der Waals surface area contributed by atoms with Crippen molar-refractivity contribution in [2.24, 2.45) is 0 Å². The quantitative estimate of drug-likeness (QED) is 0.768. The van der Waals surface area contributed by atoms with Crippen molar-refractivity contribution in [2.45, 2.75) is 31.8 Å². The molecule has 4 nitrogen and oxygen atoms in total. The summed E-state index contributed by atoms with van der Waals surface area (Å²) in [7, 11) is 0. The molecule has 1 fully saturated rings. The lowest BCUT2D eigenvalue weighted by Gasteiger charge is -2.13. The molecule has 0 amide bonds. The van der Waals surface area contributed by atoms with Gasteiger partial charge in [0, 0.05) is 11.8 Å². The summed E-state index contributed by atoms with van der Waals surface area (Å²) in [6.07, 6.45) is 4.65. The van der Waals surface area contributed by atoms with Crippen molar-refractivity contribution in [1.82, 2.24) is 0 Å². The maximum absolute atomic E-state index is 10.8. The Kier molecular flexibility index (Phi) is 2.99. The van der Waals surface area contributed by atoms with Crippen molar-refractivity contribution in [1.29, 1.82) is 0 Å². The molecule has 1 aromatic rings. The van der Waals surface area contributed by atoms with E-state index in [0.29, 0.717) is 11.4 Å². The molecule has 3 N–H and O–H groups in total. The number of nitrogen functional groups attached to an aromatic ring is 1. The minimum Gasteiger partial charge on any atom is -0.490 e. The van der Waals surface area contributed by atoms with Crippen LogP contribution >= 0.6 is 0 Å². The van der Waals surface area contributed by atoms with Crippen LogP contribution in [-0.2, 0) is 0 Å². The lowest BCUT2D eigenvalue weighted by Crippen LogP contribution is -2.11. The van der Waals surface area contributed by atoms with Crippen LogP contribution in [0.15, 0.2) is 18.2 Å². The third-order valence-electron chi connectivity index (χ3n) is 2.78. The standard InChI is InChI=1S/C12H15NO3/c13-9-5-8(12(14)15)6-11(7-9)16-10-3-1-2-4-10/h5-7,10H,1-4,13H2,(H,14,15). The normalized spacial score (nSPS) is 16.2. The SMILES string of the molecule is Nc1cc(OC2CCCC2)cc(C(=O)O)c1. The minimum absolute atomic E-state index is 0.174. The van der Waals surface area contributed by atoms with Crippen LogP contribution in [0.3, 0.4) is 0 Å². The van der Waals surface area contributed by atoms with Crippen LogP contribution in [0.1, 0.15) is 36.0 Å². The van der Waals surface area contributed by atoms with E-state index in [1.807, 2.05) is 0 Å². The number of hydrogen-bond acceptors (Lipinski definition) is 3. The summed E-state index contributed by atoms with van der Waals surface area (Å²) >= 11 is 0. The van der Waals surface area contributed by atoms with Gasteiger partial charge in [-0.3, -0.25) is 0 Å². The van der Waals surface area contributed by atoms with Crippen molar-refractivity contribution in [3.05, 3.63) is 23.8 Å². The van der Waals surface area contributed by atoms with Gasteiger partial charge in [0.15, 0.2) is 0 Å². The van der Waals surface area contributed by atoms with Crippen LogP contribution in [0, 0.1) is 0 Å². The summed E-state index contributed by atoms with van der Waals surface area (Å²) in [5, 5.41) is 8.88. The van der Waals surface area contributed by atoms with E-state index in [9.17, 15) is 4.79 Å². The highest BCUT2D eigenvalue weighted by Crippen LogP contribution is 2.26. The fourth-order valence-corrected chi connectivity index (χ4v) is 2.01. The predicted octanol–water partition coefficient (Wildman–Crippen LogP) is 2.29. The highest BCUT2D eigenvalue weighted by molar-refractivity contribution is 5.89. The second-order valence-corrected chi connectivity index (χ2v) is 4.12. The van der Waals surface area contributed by atoms with Gasteiger partial charge in [0.2, 0.25) is 0 Å². The zero-order valence-corrected chi connectivity index (χ0v) is 8.98. The molecular weight excluding hydrogens is 206 g/mol. The van der Waals surface area contributed by atoms with E-state index in [4.69, 9.17) is 15.6 Å². The number of aromatic carboxylic acids is 1. The molecule has 0 bridgehead atoms. The second-order valence-electron chi connectivity index (χ2n) is 4.12. The summed E-state index contributed by atoms with van der Waals surface area (Å²) in [5.41, 5.74) is 6.23. The average Bonchev–Trinajstić information content (AvgIpc) is 2.69. The monoisotopic (exact) mass is 221 g/mol. The highest BCUT2D eigenvalue weighted by atomic mass is 16.5. The zero-order chi connectivity index (χ0) is 11.5. The van der Waals surface area contributed by atoms with Gasteiger partial charge in [-0.05, 0) is 37.8 Å². The van der Waals surface area contributed by atoms with Gasteiger partial charge in [-0.1, -0.05) is 0 Å². The molecule has 0 aromatic heterocycles. The Morgan fingerprint density at radius 2 is 2.00 bits per heavy atom. The maximum Gasteiger partial charge on any atom is 0.335 e. The number of hydrogen-bond donors (Lipinski definition) is 2. The number of anilines is 1. The van der Waals surface area contributed by atoms with Crippen LogP contribution in [0.2, 0.25) is 0 Å². The van der Waals surface area contributed by atoms with Gasteiger partial charge in [-0.25, -0.2) is 4.79 Å². The van der Waals surface area contributed by atoms with Gasteiger partial charge in [0.1, 0.15) is 5.75 Å². The molecule has 0 spiro atoms. The molecule has 2 rings (SSSR count). The Morgan fingerprint density at radius 1 is 1.31 bits per heavy atom. The van der Waals surface area contributed by atoms with E-state index < -0.39 is 5.97 Å². The van der Waals surface area contributed by atoms with Crippen LogP contribution in [-0.4, -0.2) is 17.2 Å². The van der Waals surface area contributed by atoms with Gasteiger partial charge in [-0.15, -0.1) is 0 Å². The van der Waals surface area contributed by atoms with Crippen LogP contribution < -0.4 is 10.5 Å². The molecule has 86 valence electrons. The lowest BCUT2D eigenvalue weighted by atomic mass is 10.2. The van der Waals surface area contributed by atoms with E-state index in [2.05, 4.69) is 0 Å². The van der Waals surface area contributed by atoms with Crippen molar-refractivity contribution in [3.8, 4) is 5.75 Å². The molecule has 0 heterocycles. The first-order valence-electron chi connectivity index (χ1n) is 5.45. The topological polar surface area (TPSA) is 72.5 Å². The van der Waals surface area contributed by atoms with Crippen LogP contribution in [0.4, 0.5) is 5.69 Å². The van der Waals surface area contributed by atoms with Crippen molar-refractivity contribution < 1.29 is 14.6 Å². The summed E-state index contributed by atoms with van der Waals surface area (Å²) in [4.78, 5) is 10.8. The number of carbonyl (C=O) groups is 1. The molecule has 4 heteroatoms.